The van der Waals surface area contributed by atoms with Gasteiger partial charge in [-0.25, -0.2) is 0 Å². The Morgan fingerprint density at radius 2 is 2.41 bits per heavy atom. The van der Waals surface area contributed by atoms with Crippen molar-refractivity contribution in [1.82, 2.24) is 4.37 Å². The Morgan fingerprint density at radius 3 is 3.12 bits per heavy atom. The third-order valence-electron chi connectivity index (χ3n) is 3.06. The van der Waals surface area contributed by atoms with Gasteiger partial charge in [-0.15, -0.1) is 0 Å². The highest BCUT2D eigenvalue weighted by Gasteiger charge is 2.23. The monoisotopic (exact) mass is 271 g/mol. The summed E-state index contributed by atoms with van der Waals surface area (Å²) in [6, 6.07) is 2.43. The van der Waals surface area contributed by atoms with E-state index in [2.05, 4.69) is 15.8 Å². The fourth-order valence-corrected chi connectivity index (χ4v) is 3.15. The number of halogens is 1. The molecular weight excluding hydrogens is 258 g/mol. The zero-order valence-electron chi connectivity index (χ0n) is 9.57. The van der Waals surface area contributed by atoms with Gasteiger partial charge in [-0.3, -0.25) is 0 Å². The fourth-order valence-electron chi connectivity index (χ4n) is 2.14. The van der Waals surface area contributed by atoms with Crippen LogP contribution in [0.4, 0.5) is 5.00 Å². The van der Waals surface area contributed by atoms with E-state index in [0.29, 0.717) is 22.9 Å². The standard InChI is InChI=1S/C11H14ClN3OS/c1-16-8-4-2-3-7(5-8)14-11-9(6-13)10(12)15-17-11/h7-8,14H,2-5H2,1H3. The van der Waals surface area contributed by atoms with Gasteiger partial charge >= 0.3 is 0 Å². The quantitative estimate of drug-likeness (QED) is 0.918. The van der Waals surface area contributed by atoms with Crippen LogP contribution in [0.25, 0.3) is 0 Å². The number of nitrogens with zero attached hydrogens (tertiary/aromatic N) is 2. The minimum absolute atomic E-state index is 0.291. The molecule has 2 unspecified atom stereocenters. The molecule has 1 saturated carbocycles. The molecule has 0 bridgehead atoms. The lowest BCUT2D eigenvalue weighted by molar-refractivity contribution is 0.0670. The van der Waals surface area contributed by atoms with Crippen LogP contribution in [-0.4, -0.2) is 23.6 Å². The summed E-state index contributed by atoms with van der Waals surface area (Å²) >= 11 is 7.08. The topological polar surface area (TPSA) is 57.9 Å². The van der Waals surface area contributed by atoms with Gasteiger partial charge in [0.2, 0.25) is 0 Å². The van der Waals surface area contributed by atoms with Crippen LogP contribution in [0.2, 0.25) is 5.15 Å². The maximum absolute atomic E-state index is 8.98. The second kappa shape index (κ2) is 5.67. The van der Waals surface area contributed by atoms with E-state index in [0.717, 1.165) is 30.7 Å². The Hall–Kier alpha value is -0.830. The summed E-state index contributed by atoms with van der Waals surface area (Å²) in [6.07, 6.45) is 4.64. The van der Waals surface area contributed by atoms with Crippen LogP contribution in [-0.2, 0) is 4.74 Å². The van der Waals surface area contributed by atoms with E-state index in [-0.39, 0.29) is 0 Å². The van der Waals surface area contributed by atoms with Crippen LogP contribution >= 0.6 is 23.1 Å². The summed E-state index contributed by atoms with van der Waals surface area (Å²) in [4.78, 5) is 0. The molecule has 0 radical (unpaired) electrons. The third kappa shape index (κ3) is 2.89. The average Bonchev–Trinajstić information content (AvgIpc) is 2.70. The van der Waals surface area contributed by atoms with Gasteiger partial charge in [-0.1, -0.05) is 11.6 Å². The first kappa shape index (κ1) is 12.6. The normalized spacial score (nSPS) is 24.3. The summed E-state index contributed by atoms with van der Waals surface area (Å²) in [6.45, 7) is 0. The molecule has 1 aliphatic rings. The number of anilines is 1. The van der Waals surface area contributed by atoms with E-state index in [4.69, 9.17) is 21.6 Å². The summed E-state index contributed by atoms with van der Waals surface area (Å²) in [5.74, 6) is 0. The summed E-state index contributed by atoms with van der Waals surface area (Å²) in [7, 11) is 1.75. The minimum Gasteiger partial charge on any atom is -0.381 e. The summed E-state index contributed by atoms with van der Waals surface area (Å²) in [5.41, 5.74) is 0.455. The molecule has 1 N–H and O–H groups in total. The van der Waals surface area contributed by atoms with Gasteiger partial charge in [-0.05, 0) is 37.2 Å². The van der Waals surface area contributed by atoms with E-state index in [1.165, 1.54) is 11.5 Å². The molecule has 6 heteroatoms. The molecule has 1 fully saturated rings. The van der Waals surface area contributed by atoms with Gasteiger partial charge in [0, 0.05) is 13.2 Å². The number of methoxy groups -OCH3 is 1. The van der Waals surface area contributed by atoms with Gasteiger partial charge in [0.25, 0.3) is 0 Å². The smallest absolute Gasteiger partial charge is 0.162 e. The van der Waals surface area contributed by atoms with Crippen LogP contribution in [0.5, 0.6) is 0 Å². The molecule has 2 rings (SSSR count). The molecule has 2 atom stereocenters. The number of hydrogen-bond donors (Lipinski definition) is 1. The summed E-state index contributed by atoms with van der Waals surface area (Å²) in [5, 5.41) is 13.4. The highest BCUT2D eigenvalue weighted by Crippen LogP contribution is 2.31. The average molecular weight is 272 g/mol. The molecule has 1 aromatic rings. The molecule has 17 heavy (non-hydrogen) atoms. The van der Waals surface area contributed by atoms with Crippen molar-refractivity contribution in [2.45, 2.75) is 37.8 Å². The van der Waals surface area contributed by atoms with Crippen LogP contribution in [0, 0.1) is 11.3 Å². The molecule has 0 saturated heterocycles. The molecule has 4 nitrogen and oxygen atoms in total. The van der Waals surface area contributed by atoms with E-state index < -0.39 is 0 Å². The van der Waals surface area contributed by atoms with Crippen LogP contribution < -0.4 is 5.32 Å². The SMILES string of the molecule is COC1CCCC(Nc2snc(Cl)c2C#N)C1. The van der Waals surface area contributed by atoms with Crippen molar-refractivity contribution in [3.63, 3.8) is 0 Å². The van der Waals surface area contributed by atoms with Crippen molar-refractivity contribution in [2.24, 2.45) is 0 Å². The number of ether oxygens (including phenoxy) is 1. The van der Waals surface area contributed by atoms with Gasteiger partial charge < -0.3 is 10.1 Å². The van der Waals surface area contributed by atoms with E-state index in [9.17, 15) is 0 Å². The highest BCUT2D eigenvalue weighted by molar-refractivity contribution is 7.10. The number of rotatable bonds is 3. The van der Waals surface area contributed by atoms with Gasteiger partial charge in [0.1, 0.15) is 16.6 Å². The fraction of sp³-hybridized carbons (Fsp3) is 0.636. The first-order valence-electron chi connectivity index (χ1n) is 5.59. The van der Waals surface area contributed by atoms with Gasteiger partial charge in [-0.2, -0.15) is 9.64 Å². The molecule has 1 aromatic heterocycles. The van der Waals surface area contributed by atoms with Crippen molar-refractivity contribution < 1.29 is 4.74 Å². The van der Waals surface area contributed by atoms with Gasteiger partial charge in [0.05, 0.1) is 6.10 Å². The third-order valence-corrected chi connectivity index (χ3v) is 4.21. The lowest BCUT2D eigenvalue weighted by Gasteiger charge is -2.28. The van der Waals surface area contributed by atoms with E-state index in [1.807, 2.05) is 0 Å². The molecule has 92 valence electrons. The maximum Gasteiger partial charge on any atom is 0.162 e. The zero-order chi connectivity index (χ0) is 12.3. The minimum atomic E-state index is 0.291. The van der Waals surface area contributed by atoms with Crippen LogP contribution in [0.15, 0.2) is 0 Å². The molecule has 0 amide bonds. The molecule has 1 heterocycles. The second-order valence-corrected chi connectivity index (χ2v) is 5.29. The Morgan fingerprint density at radius 1 is 1.59 bits per heavy atom. The van der Waals surface area contributed by atoms with E-state index >= 15 is 0 Å². The van der Waals surface area contributed by atoms with E-state index in [1.54, 1.807) is 7.11 Å². The maximum atomic E-state index is 8.98. The number of aromatic nitrogens is 1. The molecule has 0 spiro atoms. The van der Waals surface area contributed by atoms with Crippen molar-refractivity contribution in [3.8, 4) is 6.07 Å². The van der Waals surface area contributed by atoms with Gasteiger partial charge in [0.15, 0.2) is 5.15 Å². The first-order valence-corrected chi connectivity index (χ1v) is 6.74. The highest BCUT2D eigenvalue weighted by atomic mass is 35.5. The van der Waals surface area contributed by atoms with Crippen molar-refractivity contribution in [1.29, 1.82) is 5.26 Å². The van der Waals surface area contributed by atoms with Crippen molar-refractivity contribution in [2.75, 3.05) is 12.4 Å². The Labute approximate surface area is 110 Å². The molecular formula is C11H14ClN3OS. The summed E-state index contributed by atoms with van der Waals surface area (Å²) < 4.78 is 9.36. The molecule has 0 aromatic carbocycles. The lowest BCUT2D eigenvalue weighted by Crippen LogP contribution is -2.30. The van der Waals surface area contributed by atoms with Crippen molar-refractivity contribution in [3.05, 3.63) is 10.7 Å². The molecule has 1 aliphatic carbocycles. The predicted octanol–water partition coefficient (Wildman–Crippen LogP) is 3.04. The zero-order valence-corrected chi connectivity index (χ0v) is 11.1. The van der Waals surface area contributed by atoms with Crippen molar-refractivity contribution >= 4 is 28.1 Å². The predicted molar refractivity (Wildman–Crippen MR) is 68.5 cm³/mol. The lowest BCUT2D eigenvalue weighted by atomic mass is 9.93. The van der Waals surface area contributed by atoms with Crippen LogP contribution in [0.3, 0.4) is 0 Å². The first-order chi connectivity index (χ1) is 8.24. The molecule has 0 aliphatic heterocycles. The van der Waals surface area contributed by atoms with Crippen LogP contribution in [0.1, 0.15) is 31.2 Å². The Bertz CT molecular complexity index is 429. The largest absolute Gasteiger partial charge is 0.381 e. The number of hydrogen-bond acceptors (Lipinski definition) is 5. The second-order valence-electron chi connectivity index (χ2n) is 4.15. The Kier molecular flexibility index (Phi) is 4.21. The Balaban J connectivity index is 2.03. The number of nitriles is 1. The number of nitrogens with one attached hydrogen (secondary N) is 1.